The van der Waals surface area contributed by atoms with Crippen LogP contribution in [0.4, 0.5) is 4.39 Å². The molecule has 0 atom stereocenters. The molecule has 0 saturated heterocycles. The lowest BCUT2D eigenvalue weighted by atomic mass is 10.2. The Morgan fingerprint density at radius 3 is 3.06 bits per heavy atom. The number of pyridine rings is 1. The van der Waals surface area contributed by atoms with E-state index in [0.29, 0.717) is 18.7 Å². The summed E-state index contributed by atoms with van der Waals surface area (Å²) in [4.78, 5) is 4.95. The predicted molar refractivity (Wildman–Crippen MR) is 65.6 cm³/mol. The molecule has 0 fully saturated rings. The molecule has 2 rings (SSSR count). The van der Waals surface area contributed by atoms with Gasteiger partial charge in [-0.1, -0.05) is 6.07 Å². The van der Waals surface area contributed by atoms with Gasteiger partial charge in [-0.2, -0.15) is 0 Å². The Morgan fingerprint density at radius 1 is 1.47 bits per heavy atom. The van der Waals surface area contributed by atoms with Crippen molar-refractivity contribution < 1.29 is 9.13 Å². The zero-order valence-electron chi connectivity index (χ0n) is 9.44. The largest absolute Gasteiger partial charge is 0.470 e. The molecule has 0 saturated carbocycles. The van der Waals surface area contributed by atoms with Crippen LogP contribution < -0.4 is 10.1 Å². The van der Waals surface area contributed by atoms with Crippen LogP contribution in [0.2, 0.25) is 0 Å². The molecule has 0 unspecified atom stereocenters. The molecule has 2 heterocycles. The zero-order chi connectivity index (χ0) is 12.1. The van der Waals surface area contributed by atoms with Crippen molar-refractivity contribution in [3.8, 4) is 5.88 Å². The molecule has 0 radical (unpaired) electrons. The average Bonchev–Trinajstić information content (AvgIpc) is 2.83. The van der Waals surface area contributed by atoms with Gasteiger partial charge in [0.05, 0.1) is 0 Å². The summed E-state index contributed by atoms with van der Waals surface area (Å²) in [6, 6.07) is 5.52. The third-order valence-corrected chi connectivity index (χ3v) is 3.09. The maximum atomic E-state index is 13.9. The first-order chi connectivity index (χ1) is 8.31. The maximum Gasteiger partial charge on any atom is 0.251 e. The fraction of sp³-hybridized carbons (Fsp3) is 0.250. The van der Waals surface area contributed by atoms with Crippen LogP contribution in [-0.4, -0.2) is 12.0 Å². The van der Waals surface area contributed by atoms with Crippen molar-refractivity contribution in [3.63, 3.8) is 0 Å². The molecule has 3 nitrogen and oxygen atoms in total. The first-order valence-corrected chi connectivity index (χ1v) is 6.12. The van der Waals surface area contributed by atoms with E-state index >= 15 is 0 Å². The van der Waals surface area contributed by atoms with Crippen molar-refractivity contribution in [2.75, 3.05) is 7.05 Å². The van der Waals surface area contributed by atoms with Crippen LogP contribution in [-0.2, 0) is 13.2 Å². The van der Waals surface area contributed by atoms with Gasteiger partial charge in [-0.25, -0.2) is 9.37 Å². The molecule has 17 heavy (non-hydrogen) atoms. The van der Waals surface area contributed by atoms with E-state index in [2.05, 4.69) is 10.3 Å². The lowest BCUT2D eigenvalue weighted by Crippen LogP contribution is -2.09. The monoisotopic (exact) mass is 252 g/mol. The molecule has 0 bridgehead atoms. The summed E-state index contributed by atoms with van der Waals surface area (Å²) in [5, 5.41) is 4.86. The summed E-state index contributed by atoms with van der Waals surface area (Å²) in [5.74, 6) is -0.329. The fourth-order valence-corrected chi connectivity index (χ4v) is 2.04. The van der Waals surface area contributed by atoms with Crippen molar-refractivity contribution >= 4 is 11.3 Å². The molecular weight excluding hydrogens is 239 g/mol. The molecule has 0 aliphatic heterocycles. The molecule has 1 N–H and O–H groups in total. The van der Waals surface area contributed by atoms with Gasteiger partial charge in [-0.15, -0.1) is 11.3 Å². The van der Waals surface area contributed by atoms with E-state index in [-0.39, 0.29) is 5.88 Å². The number of ether oxygens (including phenoxy) is 1. The number of halogens is 1. The molecule has 0 aromatic carbocycles. The van der Waals surface area contributed by atoms with E-state index in [9.17, 15) is 4.39 Å². The second kappa shape index (κ2) is 5.75. The number of thiophene rings is 1. The summed E-state index contributed by atoms with van der Waals surface area (Å²) < 4.78 is 19.2. The Bertz CT molecular complexity index is 473. The molecule has 0 spiro atoms. The third-order valence-electron chi connectivity index (χ3n) is 2.24. The van der Waals surface area contributed by atoms with E-state index in [1.807, 2.05) is 17.5 Å². The molecule has 2 aromatic heterocycles. The number of nitrogens with zero attached hydrogens (tertiary/aromatic N) is 1. The summed E-state index contributed by atoms with van der Waals surface area (Å²) >= 11 is 1.57. The fourth-order valence-electron chi connectivity index (χ4n) is 1.42. The summed E-state index contributed by atoms with van der Waals surface area (Å²) in [6.07, 6.45) is 1.56. The zero-order valence-corrected chi connectivity index (χ0v) is 10.3. The highest BCUT2D eigenvalue weighted by molar-refractivity contribution is 7.09. The third kappa shape index (κ3) is 3.01. The van der Waals surface area contributed by atoms with Crippen molar-refractivity contribution in [2.24, 2.45) is 0 Å². The highest BCUT2D eigenvalue weighted by Gasteiger charge is 2.10. The van der Waals surface area contributed by atoms with Gasteiger partial charge in [0.2, 0.25) is 0 Å². The first kappa shape index (κ1) is 12.0. The number of nitrogens with one attached hydrogen (secondary N) is 1. The van der Waals surface area contributed by atoms with E-state index in [1.54, 1.807) is 30.6 Å². The Morgan fingerprint density at radius 2 is 2.35 bits per heavy atom. The highest BCUT2D eigenvalue weighted by atomic mass is 32.1. The Hall–Kier alpha value is -1.46. The second-order valence-corrected chi connectivity index (χ2v) is 4.52. The number of rotatable bonds is 5. The Labute approximate surface area is 103 Å². The first-order valence-electron chi connectivity index (χ1n) is 5.24. The minimum atomic E-state index is -0.390. The molecule has 90 valence electrons. The second-order valence-electron chi connectivity index (χ2n) is 3.49. The van der Waals surface area contributed by atoms with Crippen LogP contribution >= 0.6 is 11.3 Å². The van der Waals surface area contributed by atoms with E-state index in [1.165, 1.54) is 0 Å². The normalized spacial score (nSPS) is 10.5. The van der Waals surface area contributed by atoms with Crippen molar-refractivity contribution in [1.29, 1.82) is 0 Å². The molecule has 5 heteroatoms. The van der Waals surface area contributed by atoms with Gasteiger partial charge in [0.15, 0.2) is 5.82 Å². The SMILES string of the molecule is CNCc1ccnc(OCc2cccs2)c1F. The number of aromatic nitrogens is 1. The van der Waals surface area contributed by atoms with Gasteiger partial charge >= 0.3 is 0 Å². The lowest BCUT2D eigenvalue weighted by molar-refractivity contribution is 0.279. The van der Waals surface area contributed by atoms with E-state index < -0.39 is 5.82 Å². The van der Waals surface area contributed by atoms with Gasteiger partial charge in [0.1, 0.15) is 6.61 Å². The quantitative estimate of drug-likeness (QED) is 0.888. The minimum Gasteiger partial charge on any atom is -0.470 e. The van der Waals surface area contributed by atoms with Crippen molar-refractivity contribution in [2.45, 2.75) is 13.2 Å². The minimum absolute atomic E-state index is 0.0613. The molecule has 0 aliphatic carbocycles. The van der Waals surface area contributed by atoms with Gasteiger partial charge in [-0.05, 0) is 24.6 Å². The van der Waals surface area contributed by atoms with Gasteiger partial charge < -0.3 is 10.1 Å². The summed E-state index contributed by atoms with van der Waals surface area (Å²) in [6.45, 7) is 0.814. The average molecular weight is 252 g/mol. The van der Waals surface area contributed by atoms with Gasteiger partial charge in [-0.3, -0.25) is 0 Å². The topological polar surface area (TPSA) is 34.2 Å². The van der Waals surface area contributed by atoms with E-state index in [0.717, 1.165) is 4.88 Å². The van der Waals surface area contributed by atoms with Crippen molar-refractivity contribution in [1.82, 2.24) is 10.3 Å². The number of hydrogen-bond acceptors (Lipinski definition) is 4. The standard InChI is InChI=1S/C12H13FN2OS/c1-14-7-9-4-5-15-12(11(9)13)16-8-10-3-2-6-17-10/h2-6,14H,7-8H2,1H3. The van der Waals surface area contributed by atoms with Crippen LogP contribution in [0, 0.1) is 5.82 Å². The van der Waals surface area contributed by atoms with Crippen molar-refractivity contribution in [3.05, 3.63) is 46.0 Å². The Balaban J connectivity index is 2.07. The maximum absolute atomic E-state index is 13.9. The highest BCUT2D eigenvalue weighted by Crippen LogP contribution is 2.19. The molecular formula is C12H13FN2OS. The van der Waals surface area contributed by atoms with Crippen LogP contribution in [0.15, 0.2) is 29.8 Å². The summed E-state index contributed by atoms with van der Waals surface area (Å²) in [7, 11) is 1.77. The van der Waals surface area contributed by atoms with E-state index in [4.69, 9.17) is 4.74 Å². The van der Waals surface area contributed by atoms with Crippen LogP contribution in [0.25, 0.3) is 0 Å². The number of hydrogen-bond donors (Lipinski definition) is 1. The smallest absolute Gasteiger partial charge is 0.251 e. The van der Waals surface area contributed by atoms with Gasteiger partial charge in [0, 0.05) is 23.2 Å². The molecule has 0 aliphatic rings. The summed E-state index contributed by atoms with van der Waals surface area (Å²) in [5.41, 5.74) is 0.559. The van der Waals surface area contributed by atoms with Crippen LogP contribution in [0.3, 0.4) is 0 Å². The van der Waals surface area contributed by atoms with Crippen LogP contribution in [0.5, 0.6) is 5.88 Å². The van der Waals surface area contributed by atoms with Crippen LogP contribution in [0.1, 0.15) is 10.4 Å². The molecule has 0 amide bonds. The molecule has 2 aromatic rings. The lowest BCUT2D eigenvalue weighted by Gasteiger charge is -2.07. The Kier molecular flexibility index (Phi) is 4.06. The predicted octanol–water partition coefficient (Wildman–Crippen LogP) is 2.58. The van der Waals surface area contributed by atoms with Gasteiger partial charge in [0.25, 0.3) is 5.88 Å².